The zero-order valence-corrected chi connectivity index (χ0v) is 17.3. The lowest BCUT2D eigenvalue weighted by Crippen LogP contribution is -2.45. The highest BCUT2D eigenvalue weighted by Gasteiger charge is 2.31. The number of benzene rings is 1. The molecule has 0 aliphatic carbocycles. The molecule has 0 radical (unpaired) electrons. The third kappa shape index (κ3) is 3.98. The zero-order valence-electron chi connectivity index (χ0n) is 17.3. The van der Waals surface area contributed by atoms with Gasteiger partial charge in [-0.1, -0.05) is 19.1 Å². The molecule has 5 nitrogen and oxygen atoms in total. The molecular formula is C23H28N4O. The average molecular weight is 377 g/mol. The quantitative estimate of drug-likeness (QED) is 0.614. The van der Waals surface area contributed by atoms with Crippen molar-refractivity contribution in [2.24, 2.45) is 5.10 Å². The topological polar surface area (TPSA) is 57.6 Å². The van der Waals surface area contributed by atoms with E-state index in [0.29, 0.717) is 5.69 Å². The molecule has 0 saturated carbocycles. The van der Waals surface area contributed by atoms with E-state index < -0.39 is 0 Å². The molecule has 5 heteroatoms. The summed E-state index contributed by atoms with van der Waals surface area (Å²) in [6.07, 6.45) is 6.71. The highest BCUT2D eigenvalue weighted by atomic mass is 16.2. The Morgan fingerprint density at radius 3 is 2.75 bits per heavy atom. The molecule has 1 amide bonds. The van der Waals surface area contributed by atoms with Crippen LogP contribution in [0.1, 0.15) is 61.3 Å². The Hall–Kier alpha value is -2.95. The van der Waals surface area contributed by atoms with E-state index in [0.717, 1.165) is 24.1 Å². The van der Waals surface area contributed by atoms with Crippen LogP contribution in [0, 0.1) is 6.92 Å². The predicted molar refractivity (Wildman–Crippen MR) is 116 cm³/mol. The number of carbonyl (C=O) groups excluding carboxylic acids is 1. The Balaban J connectivity index is 1.87. The fourth-order valence-electron chi connectivity index (χ4n) is 3.73. The molecule has 3 rings (SSSR count). The number of hydrogen-bond acceptors (Lipinski definition) is 4. The van der Waals surface area contributed by atoms with Gasteiger partial charge < -0.3 is 4.90 Å². The number of aryl methyl sites for hydroxylation is 1. The summed E-state index contributed by atoms with van der Waals surface area (Å²) in [5.41, 5.74) is 8.75. The maximum atomic E-state index is 12.1. The highest BCUT2D eigenvalue weighted by Crippen LogP contribution is 2.40. The van der Waals surface area contributed by atoms with Gasteiger partial charge in [0, 0.05) is 24.0 Å². The van der Waals surface area contributed by atoms with Crippen molar-refractivity contribution in [2.45, 2.75) is 46.6 Å². The van der Waals surface area contributed by atoms with E-state index >= 15 is 0 Å². The molecule has 146 valence electrons. The second-order valence-corrected chi connectivity index (χ2v) is 7.77. The van der Waals surface area contributed by atoms with E-state index in [4.69, 9.17) is 0 Å². The lowest BCUT2D eigenvalue weighted by atomic mass is 9.87. The van der Waals surface area contributed by atoms with Crippen molar-refractivity contribution in [3.63, 3.8) is 0 Å². The van der Waals surface area contributed by atoms with Gasteiger partial charge in [-0.15, -0.1) is 0 Å². The van der Waals surface area contributed by atoms with Crippen LogP contribution in [0.5, 0.6) is 0 Å². The zero-order chi connectivity index (χ0) is 20.3. The van der Waals surface area contributed by atoms with E-state index in [9.17, 15) is 4.79 Å². The number of aromatic nitrogens is 1. The van der Waals surface area contributed by atoms with Crippen molar-refractivity contribution in [2.75, 3.05) is 11.4 Å². The number of pyridine rings is 1. The highest BCUT2D eigenvalue weighted by molar-refractivity contribution is 5.94. The number of fused-ring (bicyclic) bond motifs is 1. The van der Waals surface area contributed by atoms with Crippen LogP contribution in [-0.4, -0.2) is 29.2 Å². The second kappa shape index (κ2) is 7.97. The maximum absolute atomic E-state index is 12.1. The molecule has 1 aliphatic heterocycles. The molecule has 2 aromatic rings. The summed E-state index contributed by atoms with van der Waals surface area (Å²) in [5.74, 6) is -0.320. The van der Waals surface area contributed by atoms with Gasteiger partial charge >= 0.3 is 0 Å². The molecule has 1 aliphatic rings. The number of hydrazone groups is 1. The van der Waals surface area contributed by atoms with Crippen molar-refractivity contribution in [3.05, 3.63) is 65.0 Å². The first-order valence-corrected chi connectivity index (χ1v) is 9.70. The molecule has 0 fully saturated rings. The number of anilines is 1. The van der Waals surface area contributed by atoms with Gasteiger partial charge in [-0.05, 0) is 75.1 Å². The van der Waals surface area contributed by atoms with E-state index in [2.05, 4.69) is 73.2 Å². The number of carbonyl (C=O) groups is 1. The number of allylic oxidation sites excluding steroid dienone is 1. The number of hydrogen-bond donors (Lipinski definition) is 1. The second-order valence-electron chi connectivity index (χ2n) is 7.77. The van der Waals surface area contributed by atoms with Crippen LogP contribution < -0.4 is 10.3 Å². The standard InChI is InChI=1S/C23H28N4O/c1-6-11-27-21-12-16(2)18(13-19(21)17(3)14-23(27,4)5)15-25-26-22(28)20-9-7-8-10-24-20/h7-10,12-15H,6,11H2,1-5H3,(H,26,28)/b25-15-. The van der Waals surface area contributed by atoms with Gasteiger partial charge in [0.05, 0.1) is 11.8 Å². The van der Waals surface area contributed by atoms with Gasteiger partial charge in [-0.25, -0.2) is 5.43 Å². The van der Waals surface area contributed by atoms with E-state index in [1.807, 2.05) is 0 Å². The Kier molecular flexibility index (Phi) is 5.63. The van der Waals surface area contributed by atoms with Crippen molar-refractivity contribution in [1.82, 2.24) is 10.4 Å². The van der Waals surface area contributed by atoms with E-state index in [1.54, 1.807) is 30.6 Å². The van der Waals surface area contributed by atoms with E-state index in [-0.39, 0.29) is 11.4 Å². The summed E-state index contributed by atoms with van der Waals surface area (Å²) < 4.78 is 0. The van der Waals surface area contributed by atoms with Crippen LogP contribution in [0.25, 0.3) is 5.57 Å². The summed E-state index contributed by atoms with van der Waals surface area (Å²) in [6, 6.07) is 9.59. The van der Waals surface area contributed by atoms with Gasteiger partial charge in [-0.3, -0.25) is 9.78 Å². The number of nitrogens with one attached hydrogen (secondary N) is 1. The molecule has 0 atom stereocenters. The lowest BCUT2D eigenvalue weighted by molar-refractivity contribution is 0.0950. The van der Waals surface area contributed by atoms with Crippen molar-refractivity contribution in [1.29, 1.82) is 0 Å². The van der Waals surface area contributed by atoms with Gasteiger partial charge in [0.1, 0.15) is 5.69 Å². The van der Waals surface area contributed by atoms with Gasteiger partial charge in [-0.2, -0.15) is 5.10 Å². The third-order valence-corrected chi connectivity index (χ3v) is 5.08. The molecule has 2 heterocycles. The van der Waals surface area contributed by atoms with Crippen LogP contribution in [0.15, 0.2) is 47.7 Å². The summed E-state index contributed by atoms with van der Waals surface area (Å²) in [4.78, 5) is 18.6. The van der Waals surface area contributed by atoms with E-state index in [1.165, 1.54) is 16.8 Å². The number of nitrogens with zero attached hydrogens (tertiary/aromatic N) is 3. The molecule has 1 aromatic carbocycles. The SMILES string of the molecule is CCCN1c2cc(C)c(/C=N\NC(=O)c3ccccn3)cc2C(C)=CC1(C)C. The van der Waals surface area contributed by atoms with Crippen LogP contribution in [-0.2, 0) is 0 Å². The molecule has 0 spiro atoms. The average Bonchev–Trinajstić information content (AvgIpc) is 2.66. The lowest BCUT2D eigenvalue weighted by Gasteiger charge is -2.43. The monoisotopic (exact) mass is 376 g/mol. The largest absolute Gasteiger partial charge is 0.362 e. The van der Waals surface area contributed by atoms with Crippen LogP contribution >= 0.6 is 0 Å². The minimum Gasteiger partial charge on any atom is -0.362 e. The normalized spacial score (nSPS) is 15.3. The predicted octanol–water partition coefficient (Wildman–Crippen LogP) is 4.57. The van der Waals surface area contributed by atoms with Crippen molar-refractivity contribution >= 4 is 23.4 Å². The first-order chi connectivity index (χ1) is 13.3. The smallest absolute Gasteiger partial charge is 0.289 e. The van der Waals surface area contributed by atoms with Gasteiger partial charge in [0.2, 0.25) is 0 Å². The Bertz CT molecular complexity index is 929. The molecule has 1 aromatic heterocycles. The first-order valence-electron chi connectivity index (χ1n) is 9.70. The summed E-state index contributed by atoms with van der Waals surface area (Å²) in [6.45, 7) is 12.0. The minimum absolute atomic E-state index is 0.00814. The Morgan fingerprint density at radius 2 is 2.07 bits per heavy atom. The Labute approximate surface area is 167 Å². The molecule has 0 bridgehead atoms. The Morgan fingerprint density at radius 1 is 1.29 bits per heavy atom. The van der Waals surface area contributed by atoms with Gasteiger partial charge in [0.25, 0.3) is 5.91 Å². The number of amides is 1. The third-order valence-electron chi connectivity index (χ3n) is 5.08. The van der Waals surface area contributed by atoms with Crippen LogP contribution in [0.2, 0.25) is 0 Å². The van der Waals surface area contributed by atoms with Crippen LogP contribution in [0.4, 0.5) is 5.69 Å². The molecule has 28 heavy (non-hydrogen) atoms. The fourth-order valence-corrected chi connectivity index (χ4v) is 3.73. The summed E-state index contributed by atoms with van der Waals surface area (Å²) in [5, 5.41) is 4.14. The summed E-state index contributed by atoms with van der Waals surface area (Å²) in [7, 11) is 0. The molecule has 0 unspecified atom stereocenters. The molecule has 1 N–H and O–H groups in total. The molecular weight excluding hydrogens is 348 g/mol. The fraction of sp³-hybridized carbons (Fsp3) is 0.348. The first kappa shape index (κ1) is 19.8. The van der Waals surface area contributed by atoms with Crippen molar-refractivity contribution < 1.29 is 4.79 Å². The van der Waals surface area contributed by atoms with Crippen LogP contribution in [0.3, 0.4) is 0 Å². The maximum Gasteiger partial charge on any atom is 0.289 e. The van der Waals surface area contributed by atoms with Crippen molar-refractivity contribution in [3.8, 4) is 0 Å². The molecule has 0 saturated heterocycles. The summed E-state index contributed by atoms with van der Waals surface area (Å²) >= 11 is 0. The van der Waals surface area contributed by atoms with Gasteiger partial charge in [0.15, 0.2) is 0 Å². The number of rotatable bonds is 5. The minimum atomic E-state index is -0.320.